The summed E-state index contributed by atoms with van der Waals surface area (Å²) in [5.74, 6) is 1.21. The standard InChI is InChI=1S/C31H34ClN7O4/c1-37(2)13-5-6-27(40)38-14-9-22(10-15-38)39-29-20(19-34-31(36-29)35-21-7-11-33-12-8-21)16-25(30(39)41)24-17-23(42-3)18-26(43-4)28(24)32/h5-8,11-12,16-19,22H,9-10,13-15H2,1-4H3,(H,33,34,35,36)/b6-5+. The van der Waals surface area contributed by atoms with Gasteiger partial charge < -0.3 is 24.6 Å². The van der Waals surface area contributed by atoms with Crippen LogP contribution >= 0.6 is 11.6 Å². The Labute approximate surface area is 254 Å². The Morgan fingerprint density at radius 2 is 1.86 bits per heavy atom. The van der Waals surface area contributed by atoms with Crippen LogP contribution in [0, 0.1) is 0 Å². The second kappa shape index (κ2) is 13.2. The van der Waals surface area contributed by atoms with Crippen molar-refractivity contribution >= 4 is 40.2 Å². The number of rotatable bonds is 9. The van der Waals surface area contributed by atoms with E-state index in [1.54, 1.807) is 54.5 Å². The van der Waals surface area contributed by atoms with Gasteiger partial charge in [-0.05, 0) is 51.2 Å². The van der Waals surface area contributed by atoms with Gasteiger partial charge in [-0.25, -0.2) is 4.98 Å². The molecule has 1 aliphatic rings. The molecule has 12 heteroatoms. The van der Waals surface area contributed by atoms with Crippen molar-refractivity contribution in [2.75, 3.05) is 53.3 Å². The maximum atomic E-state index is 14.4. The zero-order valence-electron chi connectivity index (χ0n) is 24.6. The summed E-state index contributed by atoms with van der Waals surface area (Å²) >= 11 is 6.74. The quantitative estimate of drug-likeness (QED) is 0.275. The zero-order valence-corrected chi connectivity index (χ0v) is 25.3. The third-order valence-electron chi connectivity index (χ3n) is 7.34. The summed E-state index contributed by atoms with van der Waals surface area (Å²) in [5.41, 5.74) is 1.86. The van der Waals surface area contributed by atoms with E-state index in [0.717, 1.165) is 5.69 Å². The van der Waals surface area contributed by atoms with E-state index in [1.807, 2.05) is 42.1 Å². The molecule has 43 heavy (non-hydrogen) atoms. The zero-order chi connectivity index (χ0) is 30.5. The van der Waals surface area contributed by atoms with Gasteiger partial charge in [0.25, 0.3) is 5.56 Å². The number of hydrogen-bond donors (Lipinski definition) is 1. The summed E-state index contributed by atoms with van der Waals surface area (Å²) in [6.07, 6.45) is 9.66. The molecule has 4 aromatic rings. The van der Waals surface area contributed by atoms with Crippen molar-refractivity contribution in [2.45, 2.75) is 18.9 Å². The molecule has 0 atom stereocenters. The van der Waals surface area contributed by atoms with Crippen LogP contribution in [0.1, 0.15) is 18.9 Å². The Kier molecular flexibility index (Phi) is 9.22. The van der Waals surface area contributed by atoms with Crippen molar-refractivity contribution in [3.05, 3.63) is 76.5 Å². The van der Waals surface area contributed by atoms with E-state index in [0.29, 0.717) is 77.1 Å². The van der Waals surface area contributed by atoms with Crippen molar-refractivity contribution in [2.24, 2.45) is 0 Å². The van der Waals surface area contributed by atoms with Crippen LogP contribution in [0.2, 0.25) is 5.02 Å². The molecule has 1 amide bonds. The number of carbonyl (C=O) groups is 1. The highest BCUT2D eigenvalue weighted by Gasteiger charge is 2.27. The third kappa shape index (κ3) is 6.63. The van der Waals surface area contributed by atoms with Gasteiger partial charge >= 0.3 is 0 Å². The van der Waals surface area contributed by atoms with Gasteiger partial charge in [-0.1, -0.05) is 17.7 Å². The topological polar surface area (TPSA) is 115 Å². The molecule has 0 bridgehead atoms. The molecule has 1 N–H and O–H groups in total. The fourth-order valence-corrected chi connectivity index (χ4v) is 5.41. The molecule has 0 radical (unpaired) electrons. The van der Waals surface area contributed by atoms with Gasteiger partial charge in [-0.15, -0.1) is 0 Å². The van der Waals surface area contributed by atoms with Gasteiger partial charge in [0.1, 0.15) is 17.1 Å². The lowest BCUT2D eigenvalue weighted by Gasteiger charge is -2.33. The Balaban J connectivity index is 1.58. The summed E-state index contributed by atoms with van der Waals surface area (Å²) in [7, 11) is 6.96. The molecule has 0 aliphatic carbocycles. The first-order chi connectivity index (χ1) is 20.8. The van der Waals surface area contributed by atoms with E-state index in [-0.39, 0.29) is 17.5 Å². The predicted octanol–water partition coefficient (Wildman–Crippen LogP) is 4.55. The Morgan fingerprint density at radius 3 is 2.53 bits per heavy atom. The summed E-state index contributed by atoms with van der Waals surface area (Å²) < 4.78 is 12.7. The maximum Gasteiger partial charge on any atom is 0.260 e. The predicted molar refractivity (Wildman–Crippen MR) is 167 cm³/mol. The molecule has 4 heterocycles. The molecule has 1 saturated heterocycles. The highest BCUT2D eigenvalue weighted by molar-refractivity contribution is 6.35. The van der Waals surface area contributed by atoms with Gasteiger partial charge in [0.05, 0.1) is 19.2 Å². The average Bonchev–Trinajstić information content (AvgIpc) is 3.01. The lowest BCUT2D eigenvalue weighted by atomic mass is 10.0. The van der Waals surface area contributed by atoms with E-state index in [4.69, 9.17) is 26.1 Å². The second-order valence-electron chi connectivity index (χ2n) is 10.5. The molecule has 3 aromatic heterocycles. The highest BCUT2D eigenvalue weighted by Crippen LogP contribution is 2.39. The van der Waals surface area contributed by atoms with E-state index >= 15 is 0 Å². The number of nitrogens with zero attached hydrogens (tertiary/aromatic N) is 6. The first kappa shape index (κ1) is 30.0. The number of fused-ring (bicyclic) bond motifs is 1. The van der Waals surface area contributed by atoms with Crippen LogP contribution in [0.5, 0.6) is 11.5 Å². The summed E-state index contributed by atoms with van der Waals surface area (Å²) in [6, 6.07) is 8.55. The molecule has 1 fully saturated rings. The Morgan fingerprint density at radius 1 is 1.12 bits per heavy atom. The highest BCUT2D eigenvalue weighted by atomic mass is 35.5. The number of nitrogens with one attached hydrogen (secondary N) is 1. The second-order valence-corrected chi connectivity index (χ2v) is 10.9. The van der Waals surface area contributed by atoms with Crippen LogP contribution < -0.4 is 20.3 Å². The number of halogens is 1. The average molecular weight is 604 g/mol. The number of hydrogen-bond acceptors (Lipinski definition) is 9. The summed E-state index contributed by atoms with van der Waals surface area (Å²) in [4.78, 5) is 44.3. The lowest BCUT2D eigenvalue weighted by molar-refractivity contribution is -0.127. The molecule has 5 rings (SSSR count). The van der Waals surface area contributed by atoms with Gasteiger partial charge in [-0.3, -0.25) is 19.1 Å². The molecule has 1 aliphatic heterocycles. The summed E-state index contributed by atoms with van der Waals surface area (Å²) in [6.45, 7) is 1.70. The van der Waals surface area contributed by atoms with Crippen LogP contribution in [0.15, 0.2) is 65.9 Å². The number of pyridine rings is 2. The molecule has 0 spiro atoms. The van der Waals surface area contributed by atoms with Crippen molar-refractivity contribution in [3.8, 4) is 22.6 Å². The molecule has 224 valence electrons. The van der Waals surface area contributed by atoms with Crippen LogP contribution in [0.4, 0.5) is 11.6 Å². The number of anilines is 2. The van der Waals surface area contributed by atoms with E-state index in [9.17, 15) is 9.59 Å². The van der Waals surface area contributed by atoms with Crippen molar-refractivity contribution in [3.63, 3.8) is 0 Å². The fraction of sp³-hybridized carbons (Fsp3) is 0.323. The van der Waals surface area contributed by atoms with Crippen molar-refractivity contribution < 1.29 is 14.3 Å². The Hall–Kier alpha value is -4.48. The number of likely N-dealkylation sites (N-methyl/N-ethyl adjacent to an activating group) is 1. The first-order valence-corrected chi connectivity index (χ1v) is 14.3. The van der Waals surface area contributed by atoms with Crippen LogP contribution in [-0.4, -0.2) is 83.2 Å². The first-order valence-electron chi connectivity index (χ1n) is 13.9. The number of piperidine rings is 1. The minimum atomic E-state index is -0.256. The summed E-state index contributed by atoms with van der Waals surface area (Å²) in [5, 5.41) is 4.15. The molecule has 11 nitrogen and oxygen atoms in total. The van der Waals surface area contributed by atoms with E-state index in [1.165, 1.54) is 7.11 Å². The van der Waals surface area contributed by atoms with Crippen molar-refractivity contribution in [1.82, 2.24) is 29.3 Å². The minimum Gasteiger partial charge on any atom is -0.497 e. The number of benzene rings is 1. The van der Waals surface area contributed by atoms with Gasteiger partial charge in [0.2, 0.25) is 11.9 Å². The molecule has 1 aromatic carbocycles. The largest absolute Gasteiger partial charge is 0.497 e. The monoisotopic (exact) mass is 603 g/mol. The molecule has 0 unspecified atom stereocenters. The van der Waals surface area contributed by atoms with E-state index < -0.39 is 0 Å². The van der Waals surface area contributed by atoms with E-state index in [2.05, 4.69) is 15.3 Å². The van der Waals surface area contributed by atoms with Gasteiger partial charge in [-0.2, -0.15) is 4.98 Å². The molecule has 0 saturated carbocycles. The van der Waals surface area contributed by atoms with Crippen LogP contribution in [0.3, 0.4) is 0 Å². The van der Waals surface area contributed by atoms with Crippen molar-refractivity contribution in [1.29, 1.82) is 0 Å². The lowest BCUT2D eigenvalue weighted by Crippen LogP contribution is -2.40. The number of carbonyl (C=O) groups excluding carboxylic acids is 1. The minimum absolute atomic E-state index is 0.0346. The number of ether oxygens (including phenoxy) is 2. The SMILES string of the molecule is COc1cc(OC)c(Cl)c(-c2cc3cnc(Nc4ccncc4)nc3n(C3CCN(C(=O)/C=C/CN(C)C)CC3)c2=O)c1. The fourth-order valence-electron chi connectivity index (χ4n) is 5.13. The number of likely N-dealkylation sites (tertiary alicyclic amines) is 1. The third-order valence-corrected chi connectivity index (χ3v) is 7.73. The smallest absolute Gasteiger partial charge is 0.260 e. The Bertz CT molecular complexity index is 1700. The normalized spacial score (nSPS) is 14.0. The van der Waals surface area contributed by atoms with Crippen LogP contribution in [0.25, 0.3) is 22.2 Å². The van der Waals surface area contributed by atoms with Gasteiger partial charge in [0, 0.05) is 78.6 Å². The van der Waals surface area contributed by atoms with Crippen LogP contribution in [-0.2, 0) is 4.79 Å². The number of methoxy groups -OCH3 is 2. The molecular formula is C31H34ClN7O4. The number of amides is 1. The molecular weight excluding hydrogens is 570 g/mol. The number of aromatic nitrogens is 4. The van der Waals surface area contributed by atoms with Gasteiger partial charge in [0.15, 0.2) is 0 Å². The maximum absolute atomic E-state index is 14.4.